The summed E-state index contributed by atoms with van der Waals surface area (Å²) in [6, 6.07) is 0. The molecule has 0 radical (unpaired) electrons. The van der Waals surface area contributed by atoms with Crippen molar-refractivity contribution in [3.63, 3.8) is 0 Å². The van der Waals surface area contributed by atoms with E-state index in [9.17, 15) is 0 Å². The number of ether oxygens (including phenoxy) is 2. The largest absolute Gasteiger partial charge is 0.353 e. The van der Waals surface area contributed by atoms with Crippen LogP contribution >= 0.6 is 0 Å². The van der Waals surface area contributed by atoms with Gasteiger partial charge in [-0.15, -0.1) is 0 Å². The van der Waals surface area contributed by atoms with Crippen LogP contribution in [0.2, 0.25) is 0 Å². The first-order chi connectivity index (χ1) is 14.2. The van der Waals surface area contributed by atoms with Crippen LogP contribution in [-0.4, -0.2) is 57.1 Å². The Balaban J connectivity index is 3.66. The van der Waals surface area contributed by atoms with Crippen LogP contribution in [0.3, 0.4) is 0 Å². The van der Waals surface area contributed by atoms with Gasteiger partial charge in [-0.25, -0.2) is 0 Å². The van der Waals surface area contributed by atoms with Gasteiger partial charge in [0.1, 0.15) is 0 Å². The molecule has 0 saturated carbocycles. The fraction of sp³-hybridized carbons (Fsp3) is 1.00. The van der Waals surface area contributed by atoms with Crippen LogP contribution in [0.1, 0.15) is 111 Å². The third-order valence-corrected chi connectivity index (χ3v) is 5.40. The lowest BCUT2D eigenvalue weighted by Gasteiger charge is -2.22. The minimum absolute atomic E-state index is 0.0593. The van der Waals surface area contributed by atoms with Gasteiger partial charge in [-0.05, 0) is 78.2 Å². The van der Waals surface area contributed by atoms with Gasteiger partial charge in [-0.3, -0.25) is 0 Å². The fourth-order valence-corrected chi connectivity index (χ4v) is 3.52. The highest BCUT2D eigenvalue weighted by molar-refractivity contribution is 4.60. The molecule has 0 saturated heterocycles. The van der Waals surface area contributed by atoms with Crippen LogP contribution in [0, 0.1) is 0 Å². The third-order valence-electron chi connectivity index (χ3n) is 5.40. The Morgan fingerprint density at radius 2 is 1.10 bits per heavy atom. The summed E-state index contributed by atoms with van der Waals surface area (Å²) in [4.78, 5) is 2.65. The number of rotatable bonds is 24. The highest BCUT2D eigenvalue weighted by atomic mass is 16.7. The molecule has 1 N–H and O–H groups in total. The second-order valence-corrected chi connectivity index (χ2v) is 8.44. The summed E-state index contributed by atoms with van der Waals surface area (Å²) < 4.78 is 11.6. The van der Waals surface area contributed by atoms with E-state index >= 15 is 0 Å². The van der Waals surface area contributed by atoms with Crippen molar-refractivity contribution in [1.82, 2.24) is 10.2 Å². The van der Waals surface area contributed by atoms with E-state index in [-0.39, 0.29) is 6.29 Å². The molecule has 1 atom stereocenters. The molecule has 0 aromatic rings. The second-order valence-electron chi connectivity index (χ2n) is 8.44. The maximum atomic E-state index is 5.84. The van der Waals surface area contributed by atoms with Crippen molar-refractivity contribution in [1.29, 1.82) is 0 Å². The molecule has 0 aliphatic carbocycles. The van der Waals surface area contributed by atoms with Gasteiger partial charge in [0.25, 0.3) is 0 Å². The second kappa shape index (κ2) is 24.1. The van der Waals surface area contributed by atoms with E-state index in [0.29, 0.717) is 0 Å². The lowest BCUT2D eigenvalue weighted by Crippen LogP contribution is -2.30. The zero-order valence-electron chi connectivity index (χ0n) is 20.5. The molecule has 4 nitrogen and oxygen atoms in total. The minimum Gasteiger partial charge on any atom is -0.353 e. The van der Waals surface area contributed by atoms with Crippen LogP contribution in [0.25, 0.3) is 0 Å². The SMILES string of the molecule is CCCCCCCCOC(C)OCCCCN(CCCCC)CCCNCCC. The Kier molecular flexibility index (Phi) is 24.0. The first-order valence-corrected chi connectivity index (χ1v) is 12.9. The maximum absolute atomic E-state index is 5.84. The van der Waals surface area contributed by atoms with E-state index in [0.717, 1.165) is 39.1 Å². The van der Waals surface area contributed by atoms with Gasteiger partial charge in [0, 0.05) is 13.2 Å². The van der Waals surface area contributed by atoms with Gasteiger partial charge < -0.3 is 19.7 Å². The lowest BCUT2D eigenvalue weighted by molar-refractivity contribution is -0.131. The molecule has 0 rings (SSSR count). The van der Waals surface area contributed by atoms with E-state index in [1.807, 2.05) is 6.92 Å². The van der Waals surface area contributed by atoms with Crippen LogP contribution in [0.4, 0.5) is 0 Å². The number of hydrogen-bond donors (Lipinski definition) is 1. The first-order valence-electron chi connectivity index (χ1n) is 12.9. The monoisotopic (exact) mass is 414 g/mol. The summed E-state index contributed by atoms with van der Waals surface area (Å²) in [5.41, 5.74) is 0. The van der Waals surface area contributed by atoms with Crippen molar-refractivity contribution in [3.8, 4) is 0 Å². The molecule has 0 aliphatic rings. The predicted molar refractivity (Wildman–Crippen MR) is 128 cm³/mol. The molecular weight excluding hydrogens is 360 g/mol. The van der Waals surface area contributed by atoms with Gasteiger partial charge in [-0.2, -0.15) is 0 Å². The molecule has 0 heterocycles. The molecule has 0 bridgehead atoms. The number of nitrogens with one attached hydrogen (secondary N) is 1. The summed E-state index contributed by atoms with van der Waals surface area (Å²) in [7, 11) is 0. The Morgan fingerprint density at radius 3 is 1.76 bits per heavy atom. The van der Waals surface area contributed by atoms with Gasteiger partial charge in [0.15, 0.2) is 6.29 Å². The van der Waals surface area contributed by atoms with Crippen LogP contribution < -0.4 is 5.32 Å². The average Bonchev–Trinajstić information content (AvgIpc) is 2.72. The summed E-state index contributed by atoms with van der Waals surface area (Å²) in [6.45, 7) is 16.4. The fourth-order valence-electron chi connectivity index (χ4n) is 3.52. The Morgan fingerprint density at radius 1 is 0.586 bits per heavy atom. The van der Waals surface area contributed by atoms with E-state index in [2.05, 4.69) is 31.0 Å². The zero-order chi connectivity index (χ0) is 21.4. The van der Waals surface area contributed by atoms with E-state index in [4.69, 9.17) is 9.47 Å². The lowest BCUT2D eigenvalue weighted by atomic mass is 10.1. The number of hydrogen-bond acceptors (Lipinski definition) is 4. The van der Waals surface area contributed by atoms with E-state index in [1.54, 1.807) is 0 Å². The summed E-state index contributed by atoms with van der Waals surface area (Å²) >= 11 is 0. The molecule has 0 spiro atoms. The minimum atomic E-state index is -0.0593. The Labute approximate surface area is 183 Å². The van der Waals surface area contributed by atoms with E-state index in [1.165, 1.54) is 90.3 Å². The molecule has 0 amide bonds. The van der Waals surface area contributed by atoms with Gasteiger partial charge in [0.2, 0.25) is 0 Å². The highest BCUT2D eigenvalue weighted by Gasteiger charge is 2.06. The Hall–Kier alpha value is -0.160. The van der Waals surface area contributed by atoms with Crippen molar-refractivity contribution in [2.45, 2.75) is 117 Å². The molecule has 0 aromatic heterocycles. The molecule has 176 valence electrons. The quantitative estimate of drug-likeness (QED) is 0.147. The van der Waals surface area contributed by atoms with Crippen molar-refractivity contribution in [2.24, 2.45) is 0 Å². The molecule has 4 heteroatoms. The highest BCUT2D eigenvalue weighted by Crippen LogP contribution is 2.07. The van der Waals surface area contributed by atoms with Crippen molar-refractivity contribution < 1.29 is 9.47 Å². The molecule has 0 fully saturated rings. The molecule has 0 aromatic carbocycles. The normalized spacial score (nSPS) is 12.7. The third kappa shape index (κ3) is 22.3. The van der Waals surface area contributed by atoms with Crippen LogP contribution in [0.15, 0.2) is 0 Å². The smallest absolute Gasteiger partial charge is 0.154 e. The topological polar surface area (TPSA) is 33.7 Å². The van der Waals surface area contributed by atoms with Crippen LogP contribution in [-0.2, 0) is 9.47 Å². The average molecular weight is 415 g/mol. The molecular formula is C25H54N2O2. The summed E-state index contributed by atoms with van der Waals surface area (Å²) in [6.07, 6.45) is 16.6. The van der Waals surface area contributed by atoms with Crippen molar-refractivity contribution in [2.75, 3.05) is 45.9 Å². The standard InChI is InChI=1S/C25H54N2O2/c1-5-8-10-11-12-15-23-28-25(4)29-24-16-14-21-27(20-13-9-6-2)22-17-19-26-18-7-3/h25-26H,5-24H2,1-4H3. The summed E-state index contributed by atoms with van der Waals surface area (Å²) in [5.74, 6) is 0. The predicted octanol–water partition coefficient (Wildman–Crippen LogP) is 6.39. The maximum Gasteiger partial charge on any atom is 0.154 e. The summed E-state index contributed by atoms with van der Waals surface area (Å²) in [5, 5.41) is 3.52. The molecule has 1 unspecified atom stereocenters. The molecule has 0 aliphatic heterocycles. The van der Waals surface area contributed by atoms with E-state index < -0.39 is 0 Å². The van der Waals surface area contributed by atoms with Crippen molar-refractivity contribution >= 4 is 0 Å². The zero-order valence-corrected chi connectivity index (χ0v) is 20.5. The van der Waals surface area contributed by atoms with Crippen LogP contribution in [0.5, 0.6) is 0 Å². The number of nitrogens with zero attached hydrogens (tertiary/aromatic N) is 1. The first kappa shape index (κ1) is 28.8. The molecule has 29 heavy (non-hydrogen) atoms. The van der Waals surface area contributed by atoms with Crippen molar-refractivity contribution in [3.05, 3.63) is 0 Å². The van der Waals surface area contributed by atoms with Gasteiger partial charge >= 0.3 is 0 Å². The van der Waals surface area contributed by atoms with Gasteiger partial charge in [0.05, 0.1) is 0 Å². The Bertz CT molecular complexity index is 303. The van der Waals surface area contributed by atoms with Gasteiger partial charge in [-0.1, -0.05) is 65.7 Å². The number of unbranched alkanes of at least 4 members (excludes halogenated alkanes) is 8.